The highest BCUT2D eigenvalue weighted by atomic mass is 16.5. The van der Waals surface area contributed by atoms with Crippen LogP contribution in [0.1, 0.15) is 5.82 Å². The van der Waals surface area contributed by atoms with E-state index in [1.54, 1.807) is 12.1 Å². The number of nitrogens with zero attached hydrogens (tertiary/aromatic N) is 8. The van der Waals surface area contributed by atoms with Crippen molar-refractivity contribution in [1.82, 2.24) is 40.8 Å². The number of hydrogen-bond donors (Lipinski definition) is 2. The molecule has 0 amide bonds. The van der Waals surface area contributed by atoms with Crippen molar-refractivity contribution in [3.8, 4) is 23.5 Å². The Morgan fingerprint density at radius 2 is 1.93 bits per heavy atom. The van der Waals surface area contributed by atoms with E-state index in [-0.39, 0.29) is 17.4 Å². The van der Waals surface area contributed by atoms with Crippen LogP contribution in [0.25, 0.3) is 11.3 Å². The van der Waals surface area contributed by atoms with Gasteiger partial charge in [-0.05, 0) is 39.9 Å². The SMILES string of the molecule is N#CC(=CNc1ccccc1Oc1nnnn1-c1ccccc1)c1nn[nH]n1. The second kappa shape index (κ2) is 7.75. The van der Waals surface area contributed by atoms with Crippen molar-refractivity contribution in [3.63, 3.8) is 0 Å². The number of rotatable bonds is 6. The van der Waals surface area contributed by atoms with Gasteiger partial charge in [0.1, 0.15) is 11.6 Å². The fourth-order valence-electron chi connectivity index (χ4n) is 2.32. The first kappa shape index (κ1) is 16.9. The van der Waals surface area contributed by atoms with Crippen molar-refractivity contribution in [3.05, 3.63) is 66.6 Å². The van der Waals surface area contributed by atoms with Crippen molar-refractivity contribution < 1.29 is 4.74 Å². The molecule has 2 heterocycles. The average molecular weight is 372 g/mol. The standard InChI is InChI=1S/C17H12N10O/c18-10-12(16-20-23-24-21-16)11-19-14-8-4-5-9-15(14)28-17-22-25-26-27(17)13-6-2-1-3-7-13/h1-9,11,19H,(H,20,21,23,24). The van der Waals surface area contributed by atoms with Gasteiger partial charge in [-0.1, -0.05) is 35.4 Å². The molecule has 4 rings (SSSR count). The van der Waals surface area contributed by atoms with Gasteiger partial charge in [0.2, 0.25) is 5.82 Å². The maximum atomic E-state index is 9.27. The fourth-order valence-corrected chi connectivity index (χ4v) is 2.32. The number of ether oxygens (including phenoxy) is 1. The molecule has 0 aliphatic rings. The maximum Gasteiger partial charge on any atom is 0.345 e. The van der Waals surface area contributed by atoms with Gasteiger partial charge in [0.15, 0.2) is 5.75 Å². The summed E-state index contributed by atoms with van der Waals surface area (Å²) < 4.78 is 7.37. The topological polar surface area (TPSA) is 143 Å². The highest BCUT2D eigenvalue weighted by molar-refractivity contribution is 5.74. The van der Waals surface area contributed by atoms with E-state index in [9.17, 15) is 5.26 Å². The number of hydrogen-bond acceptors (Lipinski definition) is 9. The van der Waals surface area contributed by atoms with Gasteiger partial charge in [-0.25, -0.2) is 0 Å². The lowest BCUT2D eigenvalue weighted by Gasteiger charge is -2.10. The van der Waals surface area contributed by atoms with Crippen LogP contribution < -0.4 is 10.1 Å². The smallest absolute Gasteiger partial charge is 0.345 e. The molecule has 0 unspecified atom stereocenters. The minimum absolute atomic E-state index is 0.182. The van der Waals surface area contributed by atoms with Gasteiger partial charge >= 0.3 is 6.01 Å². The molecule has 0 aliphatic carbocycles. The van der Waals surface area contributed by atoms with Crippen LogP contribution in [-0.2, 0) is 0 Å². The summed E-state index contributed by atoms with van der Waals surface area (Å²) in [4.78, 5) is 0. The molecule has 28 heavy (non-hydrogen) atoms. The zero-order valence-corrected chi connectivity index (χ0v) is 14.3. The largest absolute Gasteiger partial charge is 0.421 e. The molecule has 0 bridgehead atoms. The normalized spacial score (nSPS) is 11.0. The van der Waals surface area contributed by atoms with Gasteiger partial charge < -0.3 is 10.1 Å². The van der Waals surface area contributed by atoms with E-state index in [1.165, 1.54) is 10.9 Å². The third-order valence-electron chi connectivity index (χ3n) is 3.61. The molecule has 0 aliphatic heterocycles. The second-order valence-electron chi connectivity index (χ2n) is 5.36. The van der Waals surface area contributed by atoms with Crippen LogP contribution in [0.3, 0.4) is 0 Å². The van der Waals surface area contributed by atoms with Crippen molar-refractivity contribution >= 4 is 11.3 Å². The van der Waals surface area contributed by atoms with E-state index in [0.717, 1.165) is 5.69 Å². The average Bonchev–Trinajstić information content (AvgIpc) is 3.43. The van der Waals surface area contributed by atoms with E-state index in [4.69, 9.17) is 4.74 Å². The minimum atomic E-state index is 0.182. The summed E-state index contributed by atoms with van der Waals surface area (Å²) in [5.74, 6) is 0.651. The molecule has 0 spiro atoms. The molecule has 0 fully saturated rings. The molecule has 0 radical (unpaired) electrons. The van der Waals surface area contributed by atoms with Crippen LogP contribution >= 0.6 is 0 Å². The van der Waals surface area contributed by atoms with Gasteiger partial charge in [-0.2, -0.15) is 15.2 Å². The Balaban J connectivity index is 1.60. The number of H-pyrrole nitrogens is 1. The third-order valence-corrected chi connectivity index (χ3v) is 3.61. The van der Waals surface area contributed by atoms with Crippen LogP contribution in [0.2, 0.25) is 0 Å². The molecule has 11 nitrogen and oxygen atoms in total. The quantitative estimate of drug-likeness (QED) is 0.485. The van der Waals surface area contributed by atoms with E-state index in [0.29, 0.717) is 11.4 Å². The Bertz CT molecular complexity index is 1130. The van der Waals surface area contributed by atoms with Crippen LogP contribution in [0.4, 0.5) is 5.69 Å². The Morgan fingerprint density at radius 1 is 1.11 bits per heavy atom. The first-order valence-corrected chi connectivity index (χ1v) is 8.06. The van der Waals surface area contributed by atoms with Gasteiger partial charge in [0.05, 0.1) is 11.4 Å². The highest BCUT2D eigenvalue weighted by Gasteiger charge is 2.13. The summed E-state index contributed by atoms with van der Waals surface area (Å²) in [6.07, 6.45) is 1.47. The first-order valence-electron chi connectivity index (χ1n) is 8.06. The Kier molecular flexibility index (Phi) is 4.66. The van der Waals surface area contributed by atoms with Crippen molar-refractivity contribution in [1.29, 1.82) is 5.26 Å². The Labute approximate surface area is 158 Å². The molecule has 2 aromatic carbocycles. The fraction of sp³-hybridized carbons (Fsp3) is 0. The summed E-state index contributed by atoms with van der Waals surface area (Å²) in [5.41, 5.74) is 1.57. The summed E-state index contributed by atoms with van der Waals surface area (Å²) in [7, 11) is 0. The number of nitriles is 1. The number of nitrogens with one attached hydrogen (secondary N) is 2. The summed E-state index contributed by atoms with van der Waals surface area (Å²) in [6, 6.07) is 18.8. The van der Waals surface area contributed by atoms with E-state index in [1.807, 2.05) is 48.5 Å². The molecule has 2 aromatic heterocycles. The monoisotopic (exact) mass is 372 g/mol. The van der Waals surface area contributed by atoms with Gasteiger partial charge in [0, 0.05) is 6.20 Å². The predicted molar refractivity (Wildman–Crippen MR) is 97.1 cm³/mol. The number of benzene rings is 2. The Morgan fingerprint density at radius 3 is 2.71 bits per heavy atom. The van der Waals surface area contributed by atoms with Gasteiger partial charge in [-0.15, -0.1) is 10.2 Å². The summed E-state index contributed by atoms with van der Waals surface area (Å²) in [6.45, 7) is 0. The summed E-state index contributed by atoms with van der Waals surface area (Å²) >= 11 is 0. The number of aromatic amines is 1. The van der Waals surface area contributed by atoms with Crippen LogP contribution in [-0.4, -0.2) is 40.8 Å². The second-order valence-corrected chi connectivity index (χ2v) is 5.36. The molecule has 2 N–H and O–H groups in total. The number of allylic oxidation sites excluding steroid dienone is 1. The summed E-state index contributed by atoms with van der Waals surface area (Å²) in [5, 5.41) is 37.2. The molecular weight excluding hydrogens is 360 g/mol. The zero-order valence-electron chi connectivity index (χ0n) is 14.3. The third kappa shape index (κ3) is 3.51. The minimum Gasteiger partial charge on any atom is -0.421 e. The van der Waals surface area contributed by atoms with Crippen molar-refractivity contribution in [2.75, 3.05) is 5.32 Å². The lowest BCUT2D eigenvalue weighted by Crippen LogP contribution is -2.01. The molecule has 0 saturated heterocycles. The van der Waals surface area contributed by atoms with E-state index < -0.39 is 0 Å². The predicted octanol–water partition coefficient (Wildman–Crippen LogP) is 1.94. The lowest BCUT2D eigenvalue weighted by atomic mass is 10.2. The Hall–Kier alpha value is -4.59. The van der Waals surface area contributed by atoms with Crippen molar-refractivity contribution in [2.24, 2.45) is 0 Å². The first-order chi connectivity index (χ1) is 13.8. The van der Waals surface area contributed by atoms with E-state index in [2.05, 4.69) is 41.5 Å². The molecule has 0 saturated carbocycles. The maximum absolute atomic E-state index is 9.27. The molecule has 136 valence electrons. The number of aromatic nitrogens is 8. The highest BCUT2D eigenvalue weighted by Crippen LogP contribution is 2.29. The van der Waals surface area contributed by atoms with E-state index >= 15 is 0 Å². The van der Waals surface area contributed by atoms with Gasteiger partial charge in [0.25, 0.3) is 0 Å². The molecule has 11 heteroatoms. The van der Waals surface area contributed by atoms with Crippen molar-refractivity contribution in [2.45, 2.75) is 0 Å². The van der Waals surface area contributed by atoms with Gasteiger partial charge in [-0.3, -0.25) is 0 Å². The number of anilines is 1. The van der Waals surface area contributed by atoms with Crippen LogP contribution in [0, 0.1) is 11.3 Å². The van der Waals surface area contributed by atoms with Crippen LogP contribution in [0.5, 0.6) is 11.8 Å². The number of para-hydroxylation sites is 3. The lowest BCUT2D eigenvalue weighted by molar-refractivity contribution is 0.429. The number of tetrazole rings is 2. The molecule has 0 atom stereocenters. The zero-order chi connectivity index (χ0) is 19.2. The van der Waals surface area contributed by atoms with Crippen LogP contribution in [0.15, 0.2) is 60.8 Å². The molecule has 4 aromatic rings. The molecular formula is C17H12N10O.